The molecule has 2 aromatic heterocycles. The lowest BCUT2D eigenvalue weighted by molar-refractivity contribution is 0.240. The second-order valence-electron chi connectivity index (χ2n) is 4.77. The van der Waals surface area contributed by atoms with E-state index in [1.165, 1.54) is 0 Å². The third kappa shape index (κ3) is 2.73. The largest absolute Gasteiger partial charge is 0.338 e. The van der Waals surface area contributed by atoms with Gasteiger partial charge >= 0.3 is 0 Å². The Labute approximate surface area is 112 Å². The quantitative estimate of drug-likeness (QED) is 0.804. The van der Waals surface area contributed by atoms with Crippen molar-refractivity contribution in [2.45, 2.75) is 6.54 Å². The Balaban J connectivity index is 1.57. The average Bonchev–Trinajstić information content (AvgIpc) is 2.86. The maximum Gasteiger partial charge on any atom is 0.225 e. The van der Waals surface area contributed by atoms with Gasteiger partial charge in [-0.1, -0.05) is 0 Å². The van der Waals surface area contributed by atoms with E-state index in [9.17, 15) is 0 Å². The number of aryl methyl sites for hydroxylation is 1. The van der Waals surface area contributed by atoms with E-state index in [1.54, 1.807) is 12.4 Å². The van der Waals surface area contributed by atoms with Crippen molar-refractivity contribution in [3.05, 3.63) is 36.7 Å². The van der Waals surface area contributed by atoms with Gasteiger partial charge in [-0.3, -0.25) is 4.90 Å². The summed E-state index contributed by atoms with van der Waals surface area (Å²) in [5.74, 6) is 1.95. The summed E-state index contributed by atoms with van der Waals surface area (Å²) in [6.07, 6.45) is 7.43. The first kappa shape index (κ1) is 12.1. The van der Waals surface area contributed by atoms with Crippen LogP contribution < -0.4 is 4.90 Å². The lowest BCUT2D eigenvalue weighted by Gasteiger charge is -2.34. The molecule has 1 aliphatic rings. The summed E-state index contributed by atoms with van der Waals surface area (Å²) in [5.41, 5.74) is 0. The fourth-order valence-electron chi connectivity index (χ4n) is 2.31. The monoisotopic (exact) mass is 258 g/mol. The molecule has 6 heteroatoms. The van der Waals surface area contributed by atoms with Crippen LogP contribution in [0, 0.1) is 0 Å². The fraction of sp³-hybridized carbons (Fsp3) is 0.462. The highest BCUT2D eigenvalue weighted by molar-refractivity contribution is 5.29. The average molecular weight is 258 g/mol. The van der Waals surface area contributed by atoms with Crippen molar-refractivity contribution in [2.24, 2.45) is 7.05 Å². The van der Waals surface area contributed by atoms with Gasteiger partial charge in [0, 0.05) is 58.0 Å². The van der Waals surface area contributed by atoms with E-state index in [4.69, 9.17) is 0 Å². The summed E-state index contributed by atoms with van der Waals surface area (Å²) in [4.78, 5) is 17.6. The summed E-state index contributed by atoms with van der Waals surface area (Å²) < 4.78 is 2.08. The third-order valence-corrected chi connectivity index (χ3v) is 3.49. The Kier molecular flexibility index (Phi) is 3.41. The first-order valence-electron chi connectivity index (χ1n) is 6.53. The molecule has 0 radical (unpaired) electrons. The van der Waals surface area contributed by atoms with E-state index in [-0.39, 0.29) is 0 Å². The minimum absolute atomic E-state index is 0.833. The van der Waals surface area contributed by atoms with Crippen LogP contribution in [0.25, 0.3) is 0 Å². The summed E-state index contributed by atoms with van der Waals surface area (Å²) in [7, 11) is 2.04. The highest BCUT2D eigenvalue weighted by atomic mass is 15.3. The zero-order valence-electron chi connectivity index (χ0n) is 11.1. The van der Waals surface area contributed by atoms with Gasteiger partial charge in [0.15, 0.2) is 0 Å². The van der Waals surface area contributed by atoms with Crippen molar-refractivity contribution in [3.63, 3.8) is 0 Å². The molecule has 3 heterocycles. The van der Waals surface area contributed by atoms with Crippen molar-refractivity contribution < 1.29 is 0 Å². The Morgan fingerprint density at radius 1 is 1.00 bits per heavy atom. The zero-order valence-corrected chi connectivity index (χ0v) is 11.1. The van der Waals surface area contributed by atoms with Gasteiger partial charge in [-0.25, -0.2) is 15.0 Å². The smallest absolute Gasteiger partial charge is 0.225 e. The van der Waals surface area contributed by atoms with Crippen molar-refractivity contribution in [3.8, 4) is 0 Å². The number of rotatable bonds is 3. The van der Waals surface area contributed by atoms with Crippen LogP contribution in [0.4, 0.5) is 5.95 Å². The summed E-state index contributed by atoms with van der Waals surface area (Å²) >= 11 is 0. The first-order valence-corrected chi connectivity index (χ1v) is 6.53. The number of anilines is 1. The molecule has 0 aliphatic carbocycles. The molecule has 0 amide bonds. The van der Waals surface area contributed by atoms with Crippen LogP contribution in [0.1, 0.15) is 5.82 Å². The third-order valence-electron chi connectivity index (χ3n) is 3.49. The minimum Gasteiger partial charge on any atom is -0.338 e. The molecule has 0 spiro atoms. The first-order chi connectivity index (χ1) is 9.33. The number of piperazine rings is 1. The molecular formula is C13H18N6. The molecular weight excluding hydrogens is 240 g/mol. The molecule has 3 rings (SSSR count). The molecule has 1 saturated heterocycles. The number of nitrogens with zero attached hydrogens (tertiary/aromatic N) is 6. The molecule has 19 heavy (non-hydrogen) atoms. The SMILES string of the molecule is Cn1ccnc1CN1CCN(c2ncccn2)CC1. The summed E-state index contributed by atoms with van der Waals surface area (Å²) in [5, 5.41) is 0. The highest BCUT2D eigenvalue weighted by Gasteiger charge is 2.19. The normalized spacial score (nSPS) is 16.8. The van der Waals surface area contributed by atoms with Gasteiger partial charge in [-0.2, -0.15) is 0 Å². The van der Waals surface area contributed by atoms with Crippen molar-refractivity contribution in [1.82, 2.24) is 24.4 Å². The van der Waals surface area contributed by atoms with Crippen LogP contribution in [0.15, 0.2) is 30.9 Å². The molecule has 0 atom stereocenters. The van der Waals surface area contributed by atoms with Crippen LogP contribution >= 0.6 is 0 Å². The lowest BCUT2D eigenvalue weighted by Crippen LogP contribution is -2.46. The minimum atomic E-state index is 0.833. The van der Waals surface area contributed by atoms with Gasteiger partial charge in [0.25, 0.3) is 0 Å². The Morgan fingerprint density at radius 2 is 1.74 bits per heavy atom. The molecule has 0 saturated carbocycles. The van der Waals surface area contributed by atoms with Crippen molar-refractivity contribution >= 4 is 5.95 Å². The molecule has 0 N–H and O–H groups in total. The van der Waals surface area contributed by atoms with E-state index in [0.717, 1.165) is 44.5 Å². The molecule has 0 aromatic carbocycles. The number of imidazole rings is 1. The maximum atomic E-state index is 4.37. The van der Waals surface area contributed by atoms with Gasteiger partial charge in [-0.15, -0.1) is 0 Å². The van der Waals surface area contributed by atoms with Crippen LogP contribution in [0.3, 0.4) is 0 Å². The number of hydrogen-bond acceptors (Lipinski definition) is 5. The molecule has 0 unspecified atom stereocenters. The van der Waals surface area contributed by atoms with E-state index in [1.807, 2.05) is 25.5 Å². The molecule has 1 fully saturated rings. The zero-order chi connectivity index (χ0) is 13.1. The standard InChI is InChI=1S/C13H18N6/c1-17-6-5-14-12(17)11-18-7-9-19(10-8-18)13-15-3-2-4-16-13/h2-6H,7-11H2,1H3. The van der Waals surface area contributed by atoms with Crippen LogP contribution in [-0.4, -0.2) is 50.6 Å². The van der Waals surface area contributed by atoms with Gasteiger partial charge in [-0.05, 0) is 6.07 Å². The van der Waals surface area contributed by atoms with E-state index < -0.39 is 0 Å². The van der Waals surface area contributed by atoms with Gasteiger partial charge in [0.1, 0.15) is 5.82 Å². The van der Waals surface area contributed by atoms with Crippen LogP contribution in [-0.2, 0) is 13.6 Å². The van der Waals surface area contributed by atoms with Crippen LogP contribution in [0.2, 0.25) is 0 Å². The summed E-state index contributed by atoms with van der Waals surface area (Å²) in [6, 6.07) is 1.85. The molecule has 6 nitrogen and oxygen atoms in total. The predicted octanol–water partition coefficient (Wildman–Crippen LogP) is 0.532. The molecule has 0 bridgehead atoms. The second kappa shape index (κ2) is 5.36. The van der Waals surface area contributed by atoms with Crippen LogP contribution in [0.5, 0.6) is 0 Å². The predicted molar refractivity (Wildman–Crippen MR) is 72.7 cm³/mol. The Hall–Kier alpha value is -1.95. The molecule has 1 aliphatic heterocycles. The number of aromatic nitrogens is 4. The van der Waals surface area contributed by atoms with E-state index >= 15 is 0 Å². The van der Waals surface area contributed by atoms with E-state index in [2.05, 4.69) is 29.3 Å². The maximum absolute atomic E-state index is 4.37. The molecule has 2 aromatic rings. The topological polar surface area (TPSA) is 50.1 Å². The Morgan fingerprint density at radius 3 is 2.37 bits per heavy atom. The van der Waals surface area contributed by atoms with Gasteiger partial charge in [0.05, 0.1) is 6.54 Å². The summed E-state index contributed by atoms with van der Waals surface area (Å²) in [6.45, 7) is 4.88. The number of hydrogen-bond donors (Lipinski definition) is 0. The van der Waals surface area contributed by atoms with Gasteiger partial charge < -0.3 is 9.47 Å². The molecule has 100 valence electrons. The lowest BCUT2D eigenvalue weighted by atomic mass is 10.3. The highest BCUT2D eigenvalue weighted by Crippen LogP contribution is 2.11. The van der Waals surface area contributed by atoms with Crippen molar-refractivity contribution in [2.75, 3.05) is 31.1 Å². The van der Waals surface area contributed by atoms with Gasteiger partial charge in [0.2, 0.25) is 5.95 Å². The second-order valence-corrected chi connectivity index (χ2v) is 4.77. The van der Waals surface area contributed by atoms with E-state index in [0.29, 0.717) is 0 Å². The fourth-order valence-corrected chi connectivity index (χ4v) is 2.31. The van der Waals surface area contributed by atoms with Crippen molar-refractivity contribution in [1.29, 1.82) is 0 Å². The Bertz CT molecular complexity index is 515.